The molecule has 0 radical (unpaired) electrons. The monoisotopic (exact) mass is 170 g/mol. The molecule has 2 rings (SSSR count). The van der Waals surface area contributed by atoms with Gasteiger partial charge in [-0.2, -0.15) is 0 Å². The van der Waals surface area contributed by atoms with Crippen molar-refractivity contribution in [3.8, 4) is 0 Å². The summed E-state index contributed by atoms with van der Waals surface area (Å²) in [7, 11) is 0. The fourth-order valence-electron chi connectivity index (χ4n) is 2.27. The molecule has 0 spiro atoms. The first-order valence-electron chi connectivity index (χ1n) is 5.12. The van der Waals surface area contributed by atoms with E-state index in [4.69, 9.17) is 9.47 Å². The minimum absolute atomic E-state index is 0.791. The van der Waals surface area contributed by atoms with Crippen LogP contribution in [0.4, 0.5) is 0 Å². The van der Waals surface area contributed by atoms with E-state index >= 15 is 0 Å². The molecule has 70 valence electrons. The van der Waals surface area contributed by atoms with Crippen molar-refractivity contribution < 1.29 is 9.47 Å². The van der Waals surface area contributed by atoms with Gasteiger partial charge in [-0.3, -0.25) is 0 Å². The SMILES string of the molecule is C1COC[C@H]([C@H]2CCCOC2)C1. The molecule has 0 amide bonds. The summed E-state index contributed by atoms with van der Waals surface area (Å²) in [4.78, 5) is 0. The third kappa shape index (κ3) is 1.99. The van der Waals surface area contributed by atoms with E-state index < -0.39 is 0 Å². The van der Waals surface area contributed by atoms with Gasteiger partial charge in [0.15, 0.2) is 0 Å². The van der Waals surface area contributed by atoms with E-state index in [0.717, 1.165) is 38.3 Å². The summed E-state index contributed by atoms with van der Waals surface area (Å²) in [6.45, 7) is 3.91. The minimum Gasteiger partial charge on any atom is -0.381 e. The van der Waals surface area contributed by atoms with Gasteiger partial charge in [-0.1, -0.05) is 0 Å². The number of hydrogen-bond acceptors (Lipinski definition) is 2. The Kier molecular flexibility index (Phi) is 3.01. The van der Waals surface area contributed by atoms with Gasteiger partial charge in [-0.25, -0.2) is 0 Å². The Balaban J connectivity index is 1.80. The topological polar surface area (TPSA) is 18.5 Å². The highest BCUT2D eigenvalue weighted by molar-refractivity contribution is 4.74. The second-order valence-electron chi connectivity index (χ2n) is 3.95. The van der Waals surface area contributed by atoms with Crippen molar-refractivity contribution in [3.05, 3.63) is 0 Å². The molecule has 12 heavy (non-hydrogen) atoms. The van der Waals surface area contributed by atoms with Crippen molar-refractivity contribution in [1.82, 2.24) is 0 Å². The highest BCUT2D eigenvalue weighted by Crippen LogP contribution is 2.28. The standard InChI is InChI=1S/C10H18O2/c1-3-9(7-11-5-1)10-4-2-6-12-8-10/h9-10H,1-8H2/t9-,10+. The molecular weight excluding hydrogens is 152 g/mol. The molecule has 2 heteroatoms. The Labute approximate surface area is 74.2 Å². The van der Waals surface area contributed by atoms with Crippen molar-refractivity contribution >= 4 is 0 Å². The highest BCUT2D eigenvalue weighted by atomic mass is 16.5. The van der Waals surface area contributed by atoms with Gasteiger partial charge in [0.25, 0.3) is 0 Å². The summed E-state index contributed by atoms with van der Waals surface area (Å²) in [5, 5.41) is 0. The highest BCUT2D eigenvalue weighted by Gasteiger charge is 2.25. The van der Waals surface area contributed by atoms with Crippen LogP contribution in [0.25, 0.3) is 0 Å². The minimum atomic E-state index is 0.791. The molecule has 2 saturated heterocycles. The molecule has 2 fully saturated rings. The lowest BCUT2D eigenvalue weighted by molar-refractivity contribution is -0.0235. The van der Waals surface area contributed by atoms with Crippen molar-refractivity contribution in [2.24, 2.45) is 11.8 Å². The Hall–Kier alpha value is -0.0800. The van der Waals surface area contributed by atoms with Crippen LogP contribution in [0.15, 0.2) is 0 Å². The third-order valence-corrected chi connectivity index (χ3v) is 3.06. The van der Waals surface area contributed by atoms with Crippen LogP contribution in [0.5, 0.6) is 0 Å². The van der Waals surface area contributed by atoms with Crippen molar-refractivity contribution in [1.29, 1.82) is 0 Å². The molecular formula is C10H18O2. The lowest BCUT2D eigenvalue weighted by Crippen LogP contribution is -2.30. The summed E-state index contributed by atoms with van der Waals surface area (Å²) in [5.74, 6) is 1.58. The van der Waals surface area contributed by atoms with E-state index in [0.29, 0.717) is 0 Å². The van der Waals surface area contributed by atoms with Gasteiger partial charge < -0.3 is 9.47 Å². The fraction of sp³-hybridized carbons (Fsp3) is 1.00. The van der Waals surface area contributed by atoms with Gasteiger partial charge in [-0.15, -0.1) is 0 Å². The van der Waals surface area contributed by atoms with Crippen LogP contribution < -0.4 is 0 Å². The summed E-state index contributed by atoms with van der Waals surface area (Å²) in [6, 6.07) is 0. The molecule has 0 aromatic carbocycles. The zero-order valence-electron chi connectivity index (χ0n) is 7.63. The molecule has 2 aliphatic rings. The summed E-state index contributed by atoms with van der Waals surface area (Å²) >= 11 is 0. The first kappa shape index (κ1) is 8.52. The van der Waals surface area contributed by atoms with Crippen LogP contribution in [0.1, 0.15) is 25.7 Å². The van der Waals surface area contributed by atoms with Crippen LogP contribution >= 0.6 is 0 Å². The molecule has 0 aliphatic carbocycles. The molecule has 0 unspecified atom stereocenters. The zero-order chi connectivity index (χ0) is 8.23. The molecule has 2 heterocycles. The number of ether oxygens (including phenoxy) is 2. The Morgan fingerprint density at radius 3 is 1.58 bits per heavy atom. The second-order valence-corrected chi connectivity index (χ2v) is 3.95. The predicted molar refractivity (Wildman–Crippen MR) is 47.1 cm³/mol. The molecule has 0 aromatic heterocycles. The van der Waals surface area contributed by atoms with Gasteiger partial charge in [0, 0.05) is 26.4 Å². The summed E-state index contributed by atoms with van der Waals surface area (Å²) < 4.78 is 11.0. The molecule has 2 atom stereocenters. The molecule has 0 saturated carbocycles. The van der Waals surface area contributed by atoms with Crippen molar-refractivity contribution in [3.63, 3.8) is 0 Å². The molecule has 0 N–H and O–H groups in total. The van der Waals surface area contributed by atoms with E-state index in [2.05, 4.69) is 0 Å². The Morgan fingerprint density at radius 2 is 1.25 bits per heavy atom. The third-order valence-electron chi connectivity index (χ3n) is 3.06. The van der Waals surface area contributed by atoms with Gasteiger partial charge in [-0.05, 0) is 37.5 Å². The molecule has 0 bridgehead atoms. The first-order valence-corrected chi connectivity index (χ1v) is 5.12. The van der Waals surface area contributed by atoms with E-state index in [-0.39, 0.29) is 0 Å². The maximum atomic E-state index is 5.48. The quantitative estimate of drug-likeness (QED) is 0.598. The average molecular weight is 170 g/mol. The van der Waals surface area contributed by atoms with E-state index in [1.807, 2.05) is 0 Å². The van der Waals surface area contributed by atoms with Gasteiger partial charge in [0.2, 0.25) is 0 Å². The van der Waals surface area contributed by atoms with Crippen molar-refractivity contribution in [2.75, 3.05) is 26.4 Å². The van der Waals surface area contributed by atoms with Crippen LogP contribution in [0.2, 0.25) is 0 Å². The van der Waals surface area contributed by atoms with Gasteiger partial charge >= 0.3 is 0 Å². The van der Waals surface area contributed by atoms with Crippen LogP contribution in [0.3, 0.4) is 0 Å². The molecule has 2 nitrogen and oxygen atoms in total. The van der Waals surface area contributed by atoms with Crippen molar-refractivity contribution in [2.45, 2.75) is 25.7 Å². The van der Waals surface area contributed by atoms with Crippen LogP contribution in [-0.4, -0.2) is 26.4 Å². The zero-order valence-corrected chi connectivity index (χ0v) is 7.63. The first-order chi connectivity index (χ1) is 5.97. The largest absolute Gasteiger partial charge is 0.381 e. The van der Waals surface area contributed by atoms with E-state index in [1.54, 1.807) is 0 Å². The normalized spacial score (nSPS) is 38.0. The van der Waals surface area contributed by atoms with Crippen LogP contribution in [0, 0.1) is 11.8 Å². The number of hydrogen-bond donors (Lipinski definition) is 0. The Bertz CT molecular complexity index is 108. The van der Waals surface area contributed by atoms with Gasteiger partial charge in [0.1, 0.15) is 0 Å². The average Bonchev–Trinajstić information content (AvgIpc) is 2.21. The lowest BCUT2D eigenvalue weighted by Gasteiger charge is -2.32. The molecule has 0 aromatic rings. The van der Waals surface area contributed by atoms with Gasteiger partial charge in [0.05, 0.1) is 0 Å². The predicted octanol–water partition coefficient (Wildman–Crippen LogP) is 1.84. The summed E-state index contributed by atoms with van der Waals surface area (Å²) in [5.41, 5.74) is 0. The Morgan fingerprint density at radius 1 is 0.750 bits per heavy atom. The fourth-order valence-corrected chi connectivity index (χ4v) is 2.27. The number of rotatable bonds is 1. The maximum Gasteiger partial charge on any atom is 0.0497 e. The molecule has 2 aliphatic heterocycles. The maximum absolute atomic E-state index is 5.48. The second kappa shape index (κ2) is 4.24. The van der Waals surface area contributed by atoms with E-state index in [9.17, 15) is 0 Å². The smallest absolute Gasteiger partial charge is 0.0497 e. The lowest BCUT2D eigenvalue weighted by atomic mass is 9.84. The van der Waals surface area contributed by atoms with Crippen LogP contribution in [-0.2, 0) is 9.47 Å². The van der Waals surface area contributed by atoms with E-state index in [1.165, 1.54) is 25.7 Å². The summed E-state index contributed by atoms with van der Waals surface area (Å²) in [6.07, 6.45) is 5.21.